The predicted octanol–water partition coefficient (Wildman–Crippen LogP) is 3.18. The monoisotopic (exact) mass is 520 g/mol. The first kappa shape index (κ1) is 27.3. The Labute approximate surface area is 190 Å². The smallest absolute Gasteiger partial charge is 0.475 e. The van der Waals surface area contributed by atoms with Crippen molar-refractivity contribution in [3.63, 3.8) is 0 Å². The van der Waals surface area contributed by atoms with Crippen molar-refractivity contribution in [3.8, 4) is 11.5 Å². The lowest BCUT2D eigenvalue weighted by Crippen LogP contribution is -2.42. The number of halogens is 6. The fraction of sp³-hybridized carbons (Fsp3) is 0.471. The van der Waals surface area contributed by atoms with Gasteiger partial charge in [-0.05, 0) is 30.2 Å². The van der Waals surface area contributed by atoms with E-state index in [0.717, 1.165) is 6.07 Å². The summed E-state index contributed by atoms with van der Waals surface area (Å²) < 4.78 is 92.2. The van der Waals surface area contributed by atoms with Gasteiger partial charge in [0.25, 0.3) is 10.2 Å². The highest BCUT2D eigenvalue weighted by Gasteiger charge is 2.49. The van der Waals surface area contributed by atoms with E-state index in [0.29, 0.717) is 12.1 Å². The number of ether oxygens (including phenoxy) is 3. The summed E-state index contributed by atoms with van der Waals surface area (Å²) in [5.74, 6) is -3.07. The van der Waals surface area contributed by atoms with Crippen molar-refractivity contribution >= 4 is 12.0 Å². The highest BCUT2D eigenvalue weighted by molar-refractivity contribution is 5.96. The molecule has 1 unspecified atom stereocenters. The van der Waals surface area contributed by atoms with Gasteiger partial charge in [0.1, 0.15) is 30.8 Å². The minimum atomic E-state index is -5.22. The SMILES string of the molecule is CCc1cc(OC(F)(F)F)cc2c1OC(C(F)(F)F)C(C(=O)OC(CO[N+](=O)[O-])CO[N+](=O)[O-])=C2. The molecule has 0 fully saturated rings. The van der Waals surface area contributed by atoms with Crippen LogP contribution in [0.3, 0.4) is 0 Å². The van der Waals surface area contributed by atoms with Gasteiger partial charge in [-0.25, -0.2) is 4.79 Å². The molecule has 1 aromatic rings. The van der Waals surface area contributed by atoms with Gasteiger partial charge in [0.15, 0.2) is 0 Å². The Morgan fingerprint density at radius 1 is 1.09 bits per heavy atom. The number of carbonyl (C=O) groups is 1. The normalized spacial score (nSPS) is 15.4. The molecular formula is C17H14F6N2O10. The van der Waals surface area contributed by atoms with Crippen molar-refractivity contribution in [2.24, 2.45) is 0 Å². The Morgan fingerprint density at radius 3 is 2.11 bits per heavy atom. The van der Waals surface area contributed by atoms with Crippen molar-refractivity contribution in [3.05, 3.63) is 49.1 Å². The van der Waals surface area contributed by atoms with Crippen molar-refractivity contribution in [2.45, 2.75) is 38.1 Å². The molecule has 18 heteroatoms. The molecule has 0 radical (unpaired) electrons. The maximum atomic E-state index is 13.7. The zero-order valence-electron chi connectivity index (χ0n) is 17.3. The minimum Gasteiger partial charge on any atom is -0.475 e. The second-order valence-corrected chi connectivity index (χ2v) is 6.61. The molecule has 0 aromatic heterocycles. The molecule has 2 rings (SSSR count). The van der Waals surface area contributed by atoms with E-state index in [1.807, 2.05) is 0 Å². The molecule has 1 aliphatic heterocycles. The quantitative estimate of drug-likeness (QED) is 0.195. The van der Waals surface area contributed by atoms with Gasteiger partial charge in [0.2, 0.25) is 6.10 Å². The predicted molar refractivity (Wildman–Crippen MR) is 96.7 cm³/mol. The van der Waals surface area contributed by atoms with E-state index in [1.54, 1.807) is 0 Å². The van der Waals surface area contributed by atoms with Crippen LogP contribution < -0.4 is 9.47 Å². The zero-order chi connectivity index (χ0) is 26.6. The fourth-order valence-corrected chi connectivity index (χ4v) is 2.85. The van der Waals surface area contributed by atoms with Crippen LogP contribution >= 0.6 is 0 Å². The molecule has 0 aliphatic carbocycles. The molecule has 35 heavy (non-hydrogen) atoms. The summed E-state index contributed by atoms with van der Waals surface area (Å²) >= 11 is 0. The van der Waals surface area contributed by atoms with Gasteiger partial charge < -0.3 is 23.9 Å². The highest BCUT2D eigenvalue weighted by atomic mass is 19.4. The molecule has 0 amide bonds. The van der Waals surface area contributed by atoms with Gasteiger partial charge in [-0.15, -0.1) is 33.4 Å². The summed E-state index contributed by atoms with van der Waals surface area (Å²) in [6.07, 6.45) is -14.7. The van der Waals surface area contributed by atoms with Crippen LogP contribution in [0.2, 0.25) is 0 Å². The topological polar surface area (TPSA) is 150 Å². The van der Waals surface area contributed by atoms with E-state index >= 15 is 0 Å². The number of nitrogens with zero attached hydrogens (tertiary/aromatic N) is 2. The van der Waals surface area contributed by atoms with Crippen molar-refractivity contribution in [2.75, 3.05) is 13.2 Å². The van der Waals surface area contributed by atoms with Crippen molar-refractivity contribution in [1.29, 1.82) is 0 Å². The van der Waals surface area contributed by atoms with E-state index in [1.165, 1.54) is 6.92 Å². The van der Waals surface area contributed by atoms with Gasteiger partial charge in [-0.2, -0.15) is 13.2 Å². The van der Waals surface area contributed by atoms with Crippen LogP contribution in [0.25, 0.3) is 6.08 Å². The van der Waals surface area contributed by atoms with Crippen LogP contribution in [0.4, 0.5) is 26.3 Å². The molecule has 0 bridgehead atoms. The maximum absolute atomic E-state index is 13.7. The number of aryl methyl sites for hydroxylation is 1. The number of fused-ring (bicyclic) bond motifs is 1. The third-order valence-electron chi connectivity index (χ3n) is 4.15. The number of carbonyl (C=O) groups excluding carboxylic acids is 1. The van der Waals surface area contributed by atoms with Crippen LogP contribution in [0.1, 0.15) is 18.1 Å². The lowest BCUT2D eigenvalue weighted by atomic mass is 9.97. The first-order valence-electron chi connectivity index (χ1n) is 9.24. The third kappa shape index (κ3) is 7.78. The Hall–Kier alpha value is -3.99. The van der Waals surface area contributed by atoms with E-state index in [4.69, 9.17) is 4.74 Å². The van der Waals surface area contributed by atoms with Gasteiger partial charge in [0.05, 0.1) is 5.57 Å². The third-order valence-corrected chi connectivity index (χ3v) is 4.15. The number of esters is 1. The molecule has 194 valence electrons. The van der Waals surface area contributed by atoms with Gasteiger partial charge in [-0.1, -0.05) is 6.92 Å². The number of hydrogen-bond donors (Lipinski definition) is 0. The molecule has 1 aromatic carbocycles. The molecule has 1 aliphatic rings. The lowest BCUT2D eigenvalue weighted by molar-refractivity contribution is -0.768. The fourth-order valence-electron chi connectivity index (χ4n) is 2.85. The first-order valence-corrected chi connectivity index (χ1v) is 9.24. The molecule has 0 spiro atoms. The van der Waals surface area contributed by atoms with Gasteiger partial charge in [0, 0.05) is 5.56 Å². The Morgan fingerprint density at radius 2 is 1.66 bits per heavy atom. The summed E-state index contributed by atoms with van der Waals surface area (Å²) in [6, 6.07) is 1.49. The Bertz CT molecular complexity index is 992. The van der Waals surface area contributed by atoms with Crippen LogP contribution in [0, 0.1) is 20.2 Å². The minimum absolute atomic E-state index is 0.0753. The van der Waals surface area contributed by atoms with Gasteiger partial charge in [-0.3, -0.25) is 0 Å². The van der Waals surface area contributed by atoms with Crippen LogP contribution in [-0.4, -0.2) is 54.1 Å². The zero-order valence-corrected chi connectivity index (χ0v) is 17.3. The summed E-state index contributed by atoms with van der Waals surface area (Å²) in [7, 11) is 0. The van der Waals surface area contributed by atoms with Crippen LogP contribution in [-0.2, 0) is 25.6 Å². The van der Waals surface area contributed by atoms with E-state index in [2.05, 4.69) is 19.1 Å². The molecule has 0 N–H and O–H groups in total. The van der Waals surface area contributed by atoms with Crippen LogP contribution in [0.15, 0.2) is 17.7 Å². The maximum Gasteiger partial charge on any atom is 0.573 e. The number of hydrogen-bond acceptors (Lipinski definition) is 10. The molecule has 1 atom stereocenters. The number of rotatable bonds is 10. The summed E-state index contributed by atoms with van der Waals surface area (Å²) in [5, 5.41) is 18.0. The number of alkyl halides is 6. The average molecular weight is 520 g/mol. The molecular weight excluding hydrogens is 506 g/mol. The van der Waals surface area contributed by atoms with Crippen molar-refractivity contribution < 1.29 is 65.2 Å². The second-order valence-electron chi connectivity index (χ2n) is 6.61. The standard InChI is InChI=1S/C17H14F6N2O10/c1-2-8-3-10(35-17(21,22)23)4-9-5-12(14(16(18,19)20)34-13(8)9)15(26)33-11(6-31-24(27)28)7-32-25(29)30/h3-5,11,14H,2,6-7H2,1H3. The molecule has 0 saturated heterocycles. The summed E-state index contributed by atoms with van der Waals surface area (Å²) in [5.41, 5.74) is -1.75. The summed E-state index contributed by atoms with van der Waals surface area (Å²) in [4.78, 5) is 41.0. The largest absolute Gasteiger partial charge is 0.573 e. The van der Waals surface area contributed by atoms with Gasteiger partial charge >= 0.3 is 18.5 Å². The first-order chi connectivity index (χ1) is 16.1. The molecule has 12 nitrogen and oxygen atoms in total. The van der Waals surface area contributed by atoms with E-state index in [-0.39, 0.29) is 12.0 Å². The summed E-state index contributed by atoms with van der Waals surface area (Å²) in [6.45, 7) is -0.864. The second kappa shape index (κ2) is 10.5. The average Bonchev–Trinajstić information content (AvgIpc) is 2.71. The molecule has 1 heterocycles. The molecule has 0 saturated carbocycles. The van der Waals surface area contributed by atoms with E-state index in [9.17, 15) is 51.4 Å². The van der Waals surface area contributed by atoms with Crippen LogP contribution in [0.5, 0.6) is 11.5 Å². The van der Waals surface area contributed by atoms with Crippen molar-refractivity contribution in [1.82, 2.24) is 0 Å². The highest BCUT2D eigenvalue weighted by Crippen LogP contribution is 2.42. The number of benzene rings is 1. The lowest BCUT2D eigenvalue weighted by Gasteiger charge is -2.30. The Kier molecular flexibility index (Phi) is 8.19. The Balaban J connectivity index is 2.46. The van der Waals surface area contributed by atoms with E-state index < -0.39 is 76.7 Å².